The summed E-state index contributed by atoms with van der Waals surface area (Å²) in [7, 11) is -9.94. The van der Waals surface area contributed by atoms with Crippen molar-refractivity contribution in [3.05, 3.63) is 11.6 Å². The van der Waals surface area contributed by atoms with E-state index in [9.17, 15) is 19.1 Å². The first-order valence-corrected chi connectivity index (χ1v) is 13.6. The first-order valence-electron chi connectivity index (χ1n) is 10.6. The Morgan fingerprint density at radius 3 is 2.33 bits per heavy atom. The van der Waals surface area contributed by atoms with Crippen molar-refractivity contribution in [1.29, 1.82) is 0 Å². The Balaban J connectivity index is 2.02. The van der Waals surface area contributed by atoms with Crippen LogP contribution in [0.4, 0.5) is 0 Å². The van der Waals surface area contributed by atoms with Gasteiger partial charge in [0, 0.05) is 0 Å². The summed E-state index contributed by atoms with van der Waals surface area (Å²) in [5.41, 5.74) is 0.524. The van der Waals surface area contributed by atoms with Gasteiger partial charge in [-0.25, -0.2) is 9.13 Å². The van der Waals surface area contributed by atoms with Crippen LogP contribution < -0.4 is 0 Å². The fourth-order valence-corrected chi connectivity index (χ4v) is 7.70. The molecule has 0 spiro atoms. The number of phosphoric acid groups is 2. The van der Waals surface area contributed by atoms with Crippen LogP contribution in [0.3, 0.4) is 0 Å². The quantitative estimate of drug-likeness (QED) is 0.291. The Bertz CT molecular complexity index is 741. The van der Waals surface area contributed by atoms with E-state index in [1.54, 1.807) is 6.08 Å². The molecule has 0 heterocycles. The maximum Gasteiger partial charge on any atom is 0.481 e. The van der Waals surface area contributed by atoms with Crippen molar-refractivity contribution in [3.8, 4) is 0 Å². The molecular formula is C20H38O8P2. The van der Waals surface area contributed by atoms with Crippen LogP contribution in [0, 0.1) is 22.7 Å². The van der Waals surface area contributed by atoms with Crippen molar-refractivity contribution >= 4 is 15.6 Å². The molecule has 0 aliphatic heterocycles. The van der Waals surface area contributed by atoms with Crippen LogP contribution in [0.1, 0.15) is 79.6 Å². The second kappa shape index (κ2) is 9.07. The van der Waals surface area contributed by atoms with Crippen molar-refractivity contribution in [3.63, 3.8) is 0 Å². The minimum absolute atomic E-state index is 0.0678. The van der Waals surface area contributed by atoms with E-state index in [0.717, 1.165) is 31.3 Å². The fourth-order valence-electron chi connectivity index (χ4n) is 6.17. The Kier molecular flexibility index (Phi) is 7.93. The molecule has 10 heteroatoms. The van der Waals surface area contributed by atoms with Crippen molar-refractivity contribution < 1.29 is 37.8 Å². The number of fused-ring (bicyclic) bond motifs is 1. The first-order chi connectivity index (χ1) is 13.5. The van der Waals surface area contributed by atoms with Crippen molar-refractivity contribution in [2.24, 2.45) is 22.7 Å². The third kappa shape index (κ3) is 6.49. The van der Waals surface area contributed by atoms with Gasteiger partial charge in [0.25, 0.3) is 0 Å². The molecule has 0 aromatic rings. The highest BCUT2D eigenvalue weighted by Gasteiger charge is 2.57. The highest BCUT2D eigenvalue weighted by atomic mass is 31.3. The summed E-state index contributed by atoms with van der Waals surface area (Å²) in [6.45, 7) is 10.6. The summed E-state index contributed by atoms with van der Waals surface area (Å²) in [5.74, 6) is 0.719. The Hall–Kier alpha value is -0.0400. The summed E-state index contributed by atoms with van der Waals surface area (Å²) in [5, 5.41) is 11.2. The molecule has 2 aliphatic rings. The lowest BCUT2D eigenvalue weighted by Gasteiger charge is -2.61. The van der Waals surface area contributed by atoms with Crippen LogP contribution in [0.25, 0.3) is 0 Å². The van der Waals surface area contributed by atoms with E-state index in [0.29, 0.717) is 12.3 Å². The smallest absolute Gasteiger partial charge is 0.390 e. The molecule has 2 saturated carbocycles. The number of phosphoric ester groups is 1. The van der Waals surface area contributed by atoms with Gasteiger partial charge < -0.3 is 19.8 Å². The third-order valence-corrected chi connectivity index (χ3v) is 9.62. The van der Waals surface area contributed by atoms with E-state index in [4.69, 9.17) is 9.79 Å². The highest BCUT2D eigenvalue weighted by Crippen LogP contribution is 2.63. The number of rotatable bonds is 8. The molecule has 0 aromatic carbocycles. The van der Waals surface area contributed by atoms with Crippen LogP contribution in [-0.4, -0.2) is 32.0 Å². The molecule has 2 rings (SSSR count). The second-order valence-electron chi connectivity index (χ2n) is 10.3. The number of hydrogen-bond donors (Lipinski definition) is 4. The minimum Gasteiger partial charge on any atom is -0.390 e. The molecule has 0 radical (unpaired) electrons. The Morgan fingerprint density at radius 2 is 1.73 bits per heavy atom. The Labute approximate surface area is 179 Å². The molecule has 30 heavy (non-hydrogen) atoms. The van der Waals surface area contributed by atoms with E-state index in [-0.39, 0.29) is 23.4 Å². The number of aliphatic hydroxyl groups is 1. The van der Waals surface area contributed by atoms with E-state index in [2.05, 4.69) is 29.6 Å². The van der Waals surface area contributed by atoms with Gasteiger partial charge in [0.2, 0.25) is 0 Å². The van der Waals surface area contributed by atoms with E-state index >= 15 is 0 Å². The van der Waals surface area contributed by atoms with E-state index in [1.807, 2.05) is 13.8 Å². The second-order valence-corrected chi connectivity index (χ2v) is 13.1. The van der Waals surface area contributed by atoms with Crippen LogP contribution in [0.2, 0.25) is 0 Å². The van der Waals surface area contributed by atoms with Gasteiger partial charge in [-0.05, 0) is 75.0 Å². The summed E-state index contributed by atoms with van der Waals surface area (Å²) >= 11 is 0. The van der Waals surface area contributed by atoms with Crippen molar-refractivity contribution in [2.45, 2.75) is 85.2 Å². The lowest BCUT2D eigenvalue weighted by Crippen LogP contribution is -2.57. The molecular weight excluding hydrogens is 430 g/mol. The highest BCUT2D eigenvalue weighted by molar-refractivity contribution is 7.60. The third-order valence-electron chi connectivity index (χ3n) is 7.47. The predicted molar refractivity (Wildman–Crippen MR) is 114 cm³/mol. The molecule has 176 valence electrons. The maximum absolute atomic E-state index is 11.5. The van der Waals surface area contributed by atoms with E-state index < -0.39 is 21.2 Å². The van der Waals surface area contributed by atoms with E-state index in [1.165, 1.54) is 12.8 Å². The van der Waals surface area contributed by atoms with Crippen LogP contribution in [0.5, 0.6) is 0 Å². The SMILES string of the molecule is C/C(=C\COP(=O)(O)OP(=O)(O)O)CC[C@@H]1[C@@]2(C)CCCC(C)(C)[C@@H]2CC[C@@]1(C)O. The van der Waals surface area contributed by atoms with Crippen LogP contribution in [-0.2, 0) is 18.0 Å². The zero-order valence-electron chi connectivity index (χ0n) is 18.7. The van der Waals surface area contributed by atoms with Crippen molar-refractivity contribution in [1.82, 2.24) is 0 Å². The lowest BCUT2D eigenvalue weighted by molar-refractivity contribution is -0.168. The summed E-state index contributed by atoms with van der Waals surface area (Å²) in [6.07, 6.45) is 8.43. The first kappa shape index (κ1) is 26.2. The minimum atomic E-state index is -5.12. The summed E-state index contributed by atoms with van der Waals surface area (Å²) in [4.78, 5) is 26.6. The molecule has 2 aliphatic carbocycles. The largest absolute Gasteiger partial charge is 0.481 e. The Morgan fingerprint density at radius 1 is 1.10 bits per heavy atom. The molecule has 0 bridgehead atoms. The predicted octanol–water partition coefficient (Wildman–Crippen LogP) is 4.93. The maximum atomic E-state index is 11.5. The zero-order valence-corrected chi connectivity index (χ0v) is 20.5. The molecule has 0 amide bonds. The molecule has 8 nitrogen and oxygen atoms in total. The van der Waals surface area contributed by atoms with Gasteiger partial charge in [0.05, 0.1) is 12.2 Å². The summed E-state index contributed by atoms with van der Waals surface area (Å²) in [6, 6.07) is 0. The van der Waals surface area contributed by atoms with Crippen LogP contribution in [0.15, 0.2) is 11.6 Å². The van der Waals surface area contributed by atoms with Gasteiger partial charge >= 0.3 is 15.6 Å². The lowest BCUT2D eigenvalue weighted by atomic mass is 9.45. The summed E-state index contributed by atoms with van der Waals surface area (Å²) < 4.78 is 30.6. The molecule has 1 unspecified atom stereocenters. The normalized spacial score (nSPS) is 36.8. The average molecular weight is 468 g/mol. The van der Waals surface area contributed by atoms with Gasteiger partial charge in [-0.15, -0.1) is 0 Å². The standard InChI is InChI=1S/C20H38O8P2/c1-15(10-14-27-30(25,26)28-29(22,23)24)7-8-17-19(4)12-6-11-18(2,3)16(19)9-13-20(17,5)21/h10,16-17,21H,6-9,11-14H2,1-5H3,(H,25,26)(H2,22,23,24)/b15-10+/t16-,17+,19-,20+/m0/s1. The monoisotopic (exact) mass is 468 g/mol. The molecule has 2 fully saturated rings. The molecule has 0 aromatic heterocycles. The van der Waals surface area contributed by atoms with Gasteiger partial charge in [0.15, 0.2) is 0 Å². The van der Waals surface area contributed by atoms with Gasteiger partial charge in [-0.2, -0.15) is 4.31 Å². The molecule has 5 atom stereocenters. The number of allylic oxidation sites excluding steroid dienone is 1. The topological polar surface area (TPSA) is 134 Å². The zero-order chi connectivity index (χ0) is 23.0. The number of hydrogen-bond acceptors (Lipinski definition) is 5. The van der Waals surface area contributed by atoms with Gasteiger partial charge in [-0.1, -0.05) is 38.8 Å². The fraction of sp³-hybridized carbons (Fsp3) is 0.900. The van der Waals surface area contributed by atoms with Crippen molar-refractivity contribution in [2.75, 3.05) is 6.61 Å². The van der Waals surface area contributed by atoms with Gasteiger partial charge in [0.1, 0.15) is 0 Å². The van der Waals surface area contributed by atoms with Crippen LogP contribution >= 0.6 is 15.6 Å². The average Bonchev–Trinajstić information content (AvgIpc) is 2.50. The van der Waals surface area contributed by atoms with Gasteiger partial charge in [-0.3, -0.25) is 4.52 Å². The molecule has 0 saturated heterocycles. The molecule has 4 N–H and O–H groups in total.